The van der Waals surface area contributed by atoms with Gasteiger partial charge in [0.05, 0.1) is 5.92 Å². The molecule has 1 atom stereocenters. The molecule has 27 heavy (non-hydrogen) atoms. The van der Waals surface area contributed by atoms with Crippen LogP contribution in [0.4, 0.5) is 0 Å². The van der Waals surface area contributed by atoms with E-state index in [0.717, 1.165) is 37.1 Å². The van der Waals surface area contributed by atoms with Crippen LogP contribution in [-0.2, 0) is 9.59 Å². The van der Waals surface area contributed by atoms with Crippen LogP contribution in [0.25, 0.3) is 0 Å². The van der Waals surface area contributed by atoms with E-state index in [-0.39, 0.29) is 17.7 Å². The third-order valence-corrected chi connectivity index (χ3v) is 5.18. The van der Waals surface area contributed by atoms with Gasteiger partial charge in [0.15, 0.2) is 0 Å². The minimum atomic E-state index is -0.495. The Kier molecular flexibility index (Phi) is 6.28. The zero-order valence-corrected chi connectivity index (χ0v) is 16.1. The third kappa shape index (κ3) is 4.57. The zero-order valence-electron chi connectivity index (χ0n) is 16.1. The summed E-state index contributed by atoms with van der Waals surface area (Å²) in [5.41, 5.74) is 1.86. The molecule has 2 aromatic carbocycles. The largest absolute Gasteiger partial charge is 0.343 e. The van der Waals surface area contributed by atoms with Gasteiger partial charge < -0.3 is 10.2 Å². The fourth-order valence-electron chi connectivity index (χ4n) is 3.67. The summed E-state index contributed by atoms with van der Waals surface area (Å²) >= 11 is 0. The molecule has 2 aromatic rings. The molecule has 3 rings (SSSR count). The van der Waals surface area contributed by atoms with Crippen molar-refractivity contribution in [2.45, 2.75) is 38.6 Å². The predicted molar refractivity (Wildman–Crippen MR) is 107 cm³/mol. The van der Waals surface area contributed by atoms with Crippen molar-refractivity contribution in [3.8, 4) is 0 Å². The van der Waals surface area contributed by atoms with Crippen molar-refractivity contribution in [2.75, 3.05) is 13.1 Å². The molecule has 0 bridgehead atoms. The van der Waals surface area contributed by atoms with Gasteiger partial charge in [0.1, 0.15) is 6.04 Å². The minimum Gasteiger partial charge on any atom is -0.343 e. The average molecular weight is 364 g/mol. The van der Waals surface area contributed by atoms with Crippen LogP contribution in [0, 0.1) is 5.92 Å². The summed E-state index contributed by atoms with van der Waals surface area (Å²) in [6, 6.07) is 19.0. The van der Waals surface area contributed by atoms with Crippen molar-refractivity contribution < 1.29 is 9.59 Å². The Bertz CT molecular complexity index is 713. The fraction of sp³-hybridized carbons (Fsp3) is 0.391. The van der Waals surface area contributed by atoms with Crippen LogP contribution in [0.3, 0.4) is 0 Å². The molecule has 4 nitrogen and oxygen atoms in total. The summed E-state index contributed by atoms with van der Waals surface area (Å²) in [5.74, 6) is -0.483. The van der Waals surface area contributed by atoms with Crippen LogP contribution in [0.1, 0.15) is 43.7 Å². The highest BCUT2D eigenvalue weighted by atomic mass is 16.2. The summed E-state index contributed by atoms with van der Waals surface area (Å²) in [6.45, 7) is 5.55. The molecule has 1 heterocycles. The molecule has 1 fully saturated rings. The number of rotatable bonds is 6. The smallest absolute Gasteiger partial charge is 0.245 e. The Morgan fingerprint density at radius 3 is 1.78 bits per heavy atom. The van der Waals surface area contributed by atoms with Gasteiger partial charge in [0.25, 0.3) is 0 Å². The number of nitrogens with one attached hydrogen (secondary N) is 1. The average Bonchev–Trinajstić information content (AvgIpc) is 3.22. The first-order chi connectivity index (χ1) is 13.1. The number of benzene rings is 2. The van der Waals surface area contributed by atoms with Crippen molar-refractivity contribution in [3.63, 3.8) is 0 Å². The van der Waals surface area contributed by atoms with Crippen LogP contribution in [0.5, 0.6) is 0 Å². The highest BCUT2D eigenvalue weighted by molar-refractivity contribution is 5.92. The molecule has 1 N–H and O–H groups in total. The van der Waals surface area contributed by atoms with Crippen LogP contribution >= 0.6 is 0 Å². The second-order valence-electron chi connectivity index (χ2n) is 7.52. The Balaban J connectivity index is 1.85. The van der Waals surface area contributed by atoms with Crippen molar-refractivity contribution in [3.05, 3.63) is 71.8 Å². The van der Waals surface area contributed by atoms with E-state index in [1.807, 2.05) is 79.4 Å². The summed E-state index contributed by atoms with van der Waals surface area (Å²) in [5, 5.41) is 3.06. The topological polar surface area (TPSA) is 49.4 Å². The zero-order chi connectivity index (χ0) is 19.2. The summed E-state index contributed by atoms with van der Waals surface area (Å²) in [4.78, 5) is 28.1. The third-order valence-electron chi connectivity index (χ3n) is 5.18. The van der Waals surface area contributed by atoms with Gasteiger partial charge in [-0.1, -0.05) is 74.5 Å². The van der Waals surface area contributed by atoms with Crippen molar-refractivity contribution in [1.29, 1.82) is 0 Å². The highest BCUT2D eigenvalue weighted by Crippen LogP contribution is 2.25. The van der Waals surface area contributed by atoms with Gasteiger partial charge in [-0.25, -0.2) is 0 Å². The number of hydrogen-bond acceptors (Lipinski definition) is 2. The van der Waals surface area contributed by atoms with E-state index in [1.54, 1.807) is 0 Å². The Hall–Kier alpha value is -2.62. The molecule has 0 aromatic heterocycles. The van der Waals surface area contributed by atoms with Crippen LogP contribution in [0.15, 0.2) is 60.7 Å². The molecule has 0 saturated carbocycles. The number of carbonyl (C=O) groups is 2. The first-order valence-electron chi connectivity index (χ1n) is 9.77. The number of amides is 2. The number of carbonyl (C=O) groups excluding carboxylic acids is 2. The maximum atomic E-state index is 13.3. The van der Waals surface area contributed by atoms with Crippen LogP contribution in [0.2, 0.25) is 0 Å². The second-order valence-corrected chi connectivity index (χ2v) is 7.52. The molecule has 1 saturated heterocycles. The SMILES string of the molecule is CC(C)[C@H](NC(=O)C(c1ccccc1)c1ccccc1)C(=O)N1CCCC1. The molecule has 2 amide bonds. The van der Waals surface area contributed by atoms with Gasteiger partial charge in [0, 0.05) is 13.1 Å². The molecule has 1 aliphatic rings. The Morgan fingerprint density at radius 1 is 0.852 bits per heavy atom. The predicted octanol–water partition coefficient (Wildman–Crippen LogP) is 3.58. The monoisotopic (exact) mass is 364 g/mol. The lowest BCUT2D eigenvalue weighted by molar-refractivity contribution is -0.137. The van der Waals surface area contributed by atoms with Gasteiger partial charge in [-0.15, -0.1) is 0 Å². The van der Waals surface area contributed by atoms with Gasteiger partial charge in [-0.2, -0.15) is 0 Å². The molecular formula is C23H28N2O2. The van der Waals surface area contributed by atoms with E-state index < -0.39 is 12.0 Å². The van der Waals surface area contributed by atoms with Gasteiger partial charge in [0.2, 0.25) is 11.8 Å². The molecule has 0 radical (unpaired) electrons. The first kappa shape index (κ1) is 19.2. The van der Waals surface area contributed by atoms with Crippen molar-refractivity contribution in [1.82, 2.24) is 10.2 Å². The quantitative estimate of drug-likeness (QED) is 0.852. The fourth-order valence-corrected chi connectivity index (χ4v) is 3.67. The number of likely N-dealkylation sites (tertiary alicyclic amines) is 1. The van der Waals surface area contributed by atoms with E-state index >= 15 is 0 Å². The normalized spacial score (nSPS) is 15.2. The summed E-state index contributed by atoms with van der Waals surface area (Å²) in [6.07, 6.45) is 2.09. The van der Waals surface area contributed by atoms with Crippen molar-refractivity contribution in [2.24, 2.45) is 5.92 Å². The maximum absolute atomic E-state index is 13.3. The molecular weight excluding hydrogens is 336 g/mol. The first-order valence-corrected chi connectivity index (χ1v) is 9.77. The van der Waals surface area contributed by atoms with Crippen molar-refractivity contribution >= 4 is 11.8 Å². The molecule has 0 unspecified atom stereocenters. The summed E-state index contributed by atoms with van der Waals surface area (Å²) < 4.78 is 0. The molecule has 1 aliphatic heterocycles. The lowest BCUT2D eigenvalue weighted by atomic mass is 9.89. The highest BCUT2D eigenvalue weighted by Gasteiger charge is 2.32. The standard InChI is InChI=1S/C23H28N2O2/c1-17(2)21(23(27)25-15-9-10-16-25)24-22(26)20(18-11-5-3-6-12-18)19-13-7-4-8-14-19/h3-8,11-14,17,20-21H,9-10,15-16H2,1-2H3,(H,24,26)/t21-/m0/s1. The van der Waals surface area contributed by atoms with E-state index in [2.05, 4.69) is 5.32 Å². The summed E-state index contributed by atoms with van der Waals surface area (Å²) in [7, 11) is 0. The van der Waals surface area contributed by atoms with Gasteiger partial charge in [-0.3, -0.25) is 9.59 Å². The van der Waals surface area contributed by atoms with E-state index in [9.17, 15) is 9.59 Å². The Morgan fingerprint density at radius 2 is 1.33 bits per heavy atom. The van der Waals surface area contributed by atoms with E-state index in [0.29, 0.717) is 0 Å². The van der Waals surface area contributed by atoms with Gasteiger partial charge >= 0.3 is 0 Å². The minimum absolute atomic E-state index is 0.0363. The Labute approximate surface area is 161 Å². The van der Waals surface area contributed by atoms with E-state index in [4.69, 9.17) is 0 Å². The molecule has 142 valence electrons. The lowest BCUT2D eigenvalue weighted by Crippen LogP contribution is -2.51. The lowest BCUT2D eigenvalue weighted by Gasteiger charge is -2.28. The molecule has 0 spiro atoms. The maximum Gasteiger partial charge on any atom is 0.245 e. The molecule has 0 aliphatic carbocycles. The number of hydrogen-bond donors (Lipinski definition) is 1. The van der Waals surface area contributed by atoms with E-state index in [1.165, 1.54) is 0 Å². The number of nitrogens with zero attached hydrogens (tertiary/aromatic N) is 1. The van der Waals surface area contributed by atoms with Gasteiger partial charge in [-0.05, 0) is 29.9 Å². The molecule has 4 heteroatoms. The van der Waals surface area contributed by atoms with Crippen LogP contribution in [-0.4, -0.2) is 35.8 Å². The van der Waals surface area contributed by atoms with Crippen LogP contribution < -0.4 is 5.32 Å². The second kappa shape index (κ2) is 8.85.